The first kappa shape index (κ1) is 11.9. The Morgan fingerprint density at radius 1 is 1.25 bits per heavy atom. The fourth-order valence-corrected chi connectivity index (χ4v) is 2.98. The standard InChI is InChI=1S/C12H22N2O2/c1-16-11-7-3-6-10(11)14-12(15)8-4-2-5-9(8)13/h8-11H,2-7,13H2,1H3,(H,14,15). The van der Waals surface area contributed by atoms with Gasteiger partial charge < -0.3 is 15.8 Å². The first-order chi connectivity index (χ1) is 7.72. The molecule has 2 fully saturated rings. The lowest BCUT2D eigenvalue weighted by Crippen LogP contribution is -2.46. The van der Waals surface area contributed by atoms with Crippen LogP contribution in [0.3, 0.4) is 0 Å². The van der Waals surface area contributed by atoms with Gasteiger partial charge in [-0.15, -0.1) is 0 Å². The van der Waals surface area contributed by atoms with Crippen molar-refractivity contribution in [2.45, 2.75) is 56.7 Å². The zero-order valence-corrected chi connectivity index (χ0v) is 9.95. The molecular formula is C12H22N2O2. The van der Waals surface area contributed by atoms with Crippen molar-refractivity contribution >= 4 is 5.91 Å². The Kier molecular flexibility index (Phi) is 3.82. The number of ether oxygens (including phenoxy) is 1. The molecule has 2 rings (SSSR count). The van der Waals surface area contributed by atoms with Crippen molar-refractivity contribution in [3.8, 4) is 0 Å². The normalized spacial score (nSPS) is 38.9. The molecule has 0 radical (unpaired) electrons. The Morgan fingerprint density at radius 3 is 2.62 bits per heavy atom. The summed E-state index contributed by atoms with van der Waals surface area (Å²) in [5.41, 5.74) is 5.93. The van der Waals surface area contributed by atoms with Crippen LogP contribution in [0.4, 0.5) is 0 Å². The summed E-state index contributed by atoms with van der Waals surface area (Å²) in [5.74, 6) is 0.164. The Labute approximate surface area is 96.9 Å². The van der Waals surface area contributed by atoms with Crippen molar-refractivity contribution in [3.63, 3.8) is 0 Å². The molecule has 4 atom stereocenters. The molecule has 4 heteroatoms. The zero-order chi connectivity index (χ0) is 11.5. The maximum Gasteiger partial charge on any atom is 0.224 e. The topological polar surface area (TPSA) is 64.3 Å². The van der Waals surface area contributed by atoms with Crippen LogP contribution < -0.4 is 11.1 Å². The van der Waals surface area contributed by atoms with Gasteiger partial charge in [-0.05, 0) is 32.1 Å². The molecule has 3 N–H and O–H groups in total. The van der Waals surface area contributed by atoms with Crippen LogP contribution in [0, 0.1) is 5.92 Å². The first-order valence-electron chi connectivity index (χ1n) is 6.31. The van der Waals surface area contributed by atoms with E-state index in [2.05, 4.69) is 5.32 Å². The number of amides is 1. The summed E-state index contributed by atoms with van der Waals surface area (Å²) in [6.07, 6.45) is 6.43. The molecule has 2 aliphatic rings. The molecule has 4 unspecified atom stereocenters. The summed E-state index contributed by atoms with van der Waals surface area (Å²) < 4.78 is 5.37. The third-order valence-corrected chi connectivity index (χ3v) is 3.99. The van der Waals surface area contributed by atoms with E-state index in [1.807, 2.05) is 0 Å². The molecule has 2 aliphatic carbocycles. The molecule has 2 saturated carbocycles. The smallest absolute Gasteiger partial charge is 0.224 e. The van der Waals surface area contributed by atoms with Gasteiger partial charge in [-0.25, -0.2) is 0 Å². The van der Waals surface area contributed by atoms with E-state index in [0.717, 1.165) is 38.5 Å². The number of carbonyl (C=O) groups excluding carboxylic acids is 1. The maximum atomic E-state index is 12.0. The molecule has 92 valence electrons. The third kappa shape index (κ3) is 2.38. The van der Waals surface area contributed by atoms with Gasteiger partial charge in [-0.1, -0.05) is 6.42 Å². The molecule has 4 nitrogen and oxygen atoms in total. The number of hydrogen-bond acceptors (Lipinski definition) is 3. The molecular weight excluding hydrogens is 204 g/mol. The van der Waals surface area contributed by atoms with Gasteiger partial charge in [0.25, 0.3) is 0 Å². The van der Waals surface area contributed by atoms with Crippen molar-refractivity contribution in [3.05, 3.63) is 0 Å². The van der Waals surface area contributed by atoms with Gasteiger partial charge in [0.2, 0.25) is 5.91 Å². The Balaban J connectivity index is 1.86. The van der Waals surface area contributed by atoms with E-state index < -0.39 is 0 Å². The predicted molar refractivity (Wildman–Crippen MR) is 61.9 cm³/mol. The summed E-state index contributed by atoms with van der Waals surface area (Å²) in [6.45, 7) is 0. The van der Waals surface area contributed by atoms with Crippen molar-refractivity contribution in [1.82, 2.24) is 5.32 Å². The minimum Gasteiger partial charge on any atom is -0.379 e. The molecule has 0 spiro atoms. The SMILES string of the molecule is COC1CCCC1NC(=O)C1CCCC1N. The lowest BCUT2D eigenvalue weighted by molar-refractivity contribution is -0.126. The third-order valence-electron chi connectivity index (χ3n) is 3.99. The van der Waals surface area contributed by atoms with Crippen molar-refractivity contribution in [2.24, 2.45) is 11.7 Å². The Morgan fingerprint density at radius 2 is 2.00 bits per heavy atom. The van der Waals surface area contributed by atoms with Gasteiger partial charge >= 0.3 is 0 Å². The summed E-state index contributed by atoms with van der Waals surface area (Å²) in [4.78, 5) is 12.0. The maximum absolute atomic E-state index is 12.0. The van der Waals surface area contributed by atoms with Crippen LogP contribution in [0.5, 0.6) is 0 Å². The summed E-state index contributed by atoms with van der Waals surface area (Å²) in [7, 11) is 1.72. The second kappa shape index (κ2) is 5.15. The van der Waals surface area contributed by atoms with Gasteiger partial charge in [-0.3, -0.25) is 4.79 Å². The largest absolute Gasteiger partial charge is 0.379 e. The molecule has 16 heavy (non-hydrogen) atoms. The number of rotatable bonds is 3. The molecule has 0 saturated heterocycles. The fourth-order valence-electron chi connectivity index (χ4n) is 2.98. The van der Waals surface area contributed by atoms with E-state index in [1.54, 1.807) is 7.11 Å². The zero-order valence-electron chi connectivity index (χ0n) is 9.95. The summed E-state index contributed by atoms with van der Waals surface area (Å²) >= 11 is 0. The Bertz CT molecular complexity index is 257. The van der Waals surface area contributed by atoms with Crippen LogP contribution in [0.2, 0.25) is 0 Å². The minimum atomic E-state index is 0.0260. The summed E-state index contributed by atoms with van der Waals surface area (Å²) in [5, 5.41) is 3.11. The lowest BCUT2D eigenvalue weighted by Gasteiger charge is -2.23. The van der Waals surface area contributed by atoms with Crippen LogP contribution in [-0.4, -0.2) is 31.2 Å². The Hall–Kier alpha value is -0.610. The molecule has 0 bridgehead atoms. The number of nitrogens with one attached hydrogen (secondary N) is 1. The van der Waals surface area contributed by atoms with Crippen molar-refractivity contribution < 1.29 is 9.53 Å². The molecule has 0 aromatic rings. The minimum absolute atomic E-state index is 0.0260. The van der Waals surface area contributed by atoms with E-state index in [0.29, 0.717) is 0 Å². The van der Waals surface area contributed by atoms with Crippen LogP contribution in [0.15, 0.2) is 0 Å². The highest BCUT2D eigenvalue weighted by Crippen LogP contribution is 2.26. The van der Waals surface area contributed by atoms with Crippen LogP contribution in [-0.2, 0) is 9.53 Å². The molecule has 1 amide bonds. The van der Waals surface area contributed by atoms with Gasteiger partial charge in [0, 0.05) is 13.2 Å². The van der Waals surface area contributed by atoms with Gasteiger partial charge in [-0.2, -0.15) is 0 Å². The summed E-state index contributed by atoms with van der Waals surface area (Å²) in [6, 6.07) is 0.257. The van der Waals surface area contributed by atoms with Crippen molar-refractivity contribution in [1.29, 1.82) is 0 Å². The number of hydrogen-bond donors (Lipinski definition) is 2. The van der Waals surface area contributed by atoms with Gasteiger partial charge in [0.15, 0.2) is 0 Å². The van der Waals surface area contributed by atoms with E-state index in [4.69, 9.17) is 10.5 Å². The van der Waals surface area contributed by atoms with Gasteiger partial charge in [0.1, 0.15) is 0 Å². The first-order valence-corrected chi connectivity index (χ1v) is 6.31. The second-order valence-electron chi connectivity index (χ2n) is 5.02. The van der Waals surface area contributed by atoms with E-state index in [1.165, 1.54) is 0 Å². The quantitative estimate of drug-likeness (QED) is 0.748. The van der Waals surface area contributed by atoms with E-state index in [-0.39, 0.29) is 30.0 Å². The number of carbonyl (C=O) groups is 1. The van der Waals surface area contributed by atoms with Crippen LogP contribution >= 0.6 is 0 Å². The highest BCUT2D eigenvalue weighted by Gasteiger charge is 2.34. The molecule has 0 aromatic heterocycles. The van der Waals surface area contributed by atoms with Gasteiger partial charge in [0.05, 0.1) is 18.1 Å². The van der Waals surface area contributed by atoms with E-state index >= 15 is 0 Å². The van der Waals surface area contributed by atoms with E-state index in [9.17, 15) is 4.79 Å². The van der Waals surface area contributed by atoms with Crippen LogP contribution in [0.1, 0.15) is 38.5 Å². The van der Waals surface area contributed by atoms with Crippen LogP contribution in [0.25, 0.3) is 0 Å². The van der Waals surface area contributed by atoms with Crippen molar-refractivity contribution in [2.75, 3.05) is 7.11 Å². The fraction of sp³-hybridized carbons (Fsp3) is 0.917. The molecule has 0 aliphatic heterocycles. The molecule has 0 aromatic carbocycles. The highest BCUT2D eigenvalue weighted by atomic mass is 16.5. The highest BCUT2D eigenvalue weighted by molar-refractivity contribution is 5.80. The average molecular weight is 226 g/mol. The second-order valence-corrected chi connectivity index (χ2v) is 5.02. The average Bonchev–Trinajstić information content (AvgIpc) is 2.86. The monoisotopic (exact) mass is 226 g/mol. The lowest BCUT2D eigenvalue weighted by atomic mass is 10.0. The molecule has 0 heterocycles. The number of nitrogens with two attached hydrogens (primary N) is 1. The predicted octanol–water partition coefficient (Wildman–Crippen LogP) is 0.797. The number of methoxy groups -OCH3 is 1.